The minimum atomic E-state index is -0.128. The van der Waals surface area contributed by atoms with Crippen molar-refractivity contribution in [3.8, 4) is 0 Å². The second-order valence-corrected chi connectivity index (χ2v) is 8.82. The van der Waals surface area contributed by atoms with Gasteiger partial charge in [-0.05, 0) is 36.3 Å². The van der Waals surface area contributed by atoms with E-state index in [0.29, 0.717) is 10.7 Å². The summed E-state index contributed by atoms with van der Waals surface area (Å²) in [6.07, 6.45) is 10.3. The predicted octanol–water partition coefficient (Wildman–Crippen LogP) is 6.20. The molecule has 0 radical (unpaired) electrons. The van der Waals surface area contributed by atoms with Crippen LogP contribution in [-0.2, 0) is 6.42 Å². The lowest BCUT2D eigenvalue weighted by Crippen LogP contribution is -2.11. The molecule has 0 saturated carbocycles. The van der Waals surface area contributed by atoms with Crippen molar-refractivity contribution in [2.75, 3.05) is 11.1 Å². The van der Waals surface area contributed by atoms with E-state index in [-0.39, 0.29) is 5.91 Å². The quantitative estimate of drug-likeness (QED) is 0.266. The van der Waals surface area contributed by atoms with E-state index >= 15 is 0 Å². The molecule has 0 fully saturated rings. The maximum absolute atomic E-state index is 12.3. The van der Waals surface area contributed by atoms with E-state index in [2.05, 4.69) is 41.5 Å². The van der Waals surface area contributed by atoms with Crippen LogP contribution < -0.4 is 5.32 Å². The number of aryl methyl sites for hydroxylation is 1. The Morgan fingerprint density at radius 1 is 1.00 bits per heavy atom. The Morgan fingerprint density at radius 3 is 2.38 bits per heavy atom. The van der Waals surface area contributed by atoms with Crippen LogP contribution in [0.3, 0.4) is 0 Å². The molecule has 1 aromatic heterocycles. The molecule has 1 amide bonds. The maximum atomic E-state index is 12.3. The van der Waals surface area contributed by atoms with E-state index in [1.165, 1.54) is 61.8 Å². The number of carbonyl (C=O) groups excluding carboxylic acids is 1. The number of amides is 1. The van der Waals surface area contributed by atoms with Gasteiger partial charge in [0.15, 0.2) is 4.34 Å². The number of aromatic nitrogens is 2. The molecule has 2 aromatic rings. The summed E-state index contributed by atoms with van der Waals surface area (Å²) in [7, 11) is 0. The van der Waals surface area contributed by atoms with Crippen LogP contribution in [0, 0.1) is 0 Å². The molecule has 1 heterocycles. The number of carbonyl (C=O) groups is 1. The Labute approximate surface area is 165 Å². The number of hydrogen-bond acceptors (Lipinski definition) is 5. The van der Waals surface area contributed by atoms with Crippen molar-refractivity contribution >= 4 is 34.1 Å². The van der Waals surface area contributed by atoms with Gasteiger partial charge in [-0.1, -0.05) is 87.6 Å². The summed E-state index contributed by atoms with van der Waals surface area (Å²) < 4.78 is 0.882. The number of benzene rings is 1. The van der Waals surface area contributed by atoms with Crippen molar-refractivity contribution in [1.82, 2.24) is 10.2 Å². The highest BCUT2D eigenvalue weighted by atomic mass is 32.2. The van der Waals surface area contributed by atoms with Crippen molar-refractivity contribution in [1.29, 1.82) is 0 Å². The van der Waals surface area contributed by atoms with Gasteiger partial charge in [0, 0.05) is 5.56 Å². The number of rotatable bonds is 12. The minimum Gasteiger partial charge on any atom is -0.296 e. The summed E-state index contributed by atoms with van der Waals surface area (Å²) in [5, 5.41) is 11.4. The fraction of sp³-hybridized carbons (Fsp3) is 0.550. The number of hydrogen-bond donors (Lipinski definition) is 1. The van der Waals surface area contributed by atoms with Crippen LogP contribution in [0.5, 0.6) is 0 Å². The minimum absolute atomic E-state index is 0.128. The standard InChI is InChI=1S/C20H29N3OS2/c1-3-5-6-7-8-9-10-11-16-12-14-17(15-13-16)18(24)21-19-22-23-20(26-19)25-4-2/h12-15H,3-11H2,1-2H3,(H,21,22,24). The molecule has 0 aliphatic carbocycles. The van der Waals surface area contributed by atoms with Crippen LogP contribution in [-0.4, -0.2) is 21.9 Å². The molecule has 0 unspecified atom stereocenters. The smallest absolute Gasteiger partial charge is 0.257 e. The number of nitrogens with zero attached hydrogens (tertiary/aromatic N) is 2. The van der Waals surface area contributed by atoms with Gasteiger partial charge >= 0.3 is 0 Å². The average molecular weight is 392 g/mol. The van der Waals surface area contributed by atoms with Crippen LogP contribution in [0.25, 0.3) is 0 Å². The monoisotopic (exact) mass is 391 g/mol. The summed E-state index contributed by atoms with van der Waals surface area (Å²) in [6, 6.07) is 7.91. The van der Waals surface area contributed by atoms with Gasteiger partial charge in [0.2, 0.25) is 5.13 Å². The highest BCUT2D eigenvalue weighted by Gasteiger charge is 2.10. The number of thioether (sulfide) groups is 1. The van der Waals surface area contributed by atoms with Crippen molar-refractivity contribution in [3.63, 3.8) is 0 Å². The van der Waals surface area contributed by atoms with Gasteiger partial charge in [-0.25, -0.2) is 0 Å². The first-order valence-electron chi connectivity index (χ1n) is 9.59. The second-order valence-electron chi connectivity index (χ2n) is 6.33. The summed E-state index contributed by atoms with van der Waals surface area (Å²) in [4.78, 5) is 12.3. The molecule has 6 heteroatoms. The van der Waals surface area contributed by atoms with Crippen molar-refractivity contribution in [3.05, 3.63) is 35.4 Å². The zero-order chi connectivity index (χ0) is 18.6. The van der Waals surface area contributed by atoms with E-state index < -0.39 is 0 Å². The third-order valence-corrected chi connectivity index (χ3v) is 6.03. The number of nitrogens with one attached hydrogen (secondary N) is 1. The zero-order valence-electron chi connectivity index (χ0n) is 15.8. The van der Waals surface area contributed by atoms with E-state index in [1.54, 1.807) is 11.8 Å². The number of unbranched alkanes of at least 4 members (excludes halogenated alkanes) is 6. The van der Waals surface area contributed by atoms with Gasteiger partial charge in [0.05, 0.1) is 0 Å². The summed E-state index contributed by atoms with van der Waals surface area (Å²) in [5.74, 6) is 0.819. The molecule has 26 heavy (non-hydrogen) atoms. The number of anilines is 1. The van der Waals surface area contributed by atoms with E-state index in [1.807, 2.05) is 12.1 Å². The predicted molar refractivity (Wildman–Crippen MR) is 112 cm³/mol. The molecular formula is C20H29N3OS2. The van der Waals surface area contributed by atoms with Crippen molar-refractivity contribution in [2.24, 2.45) is 0 Å². The second kappa shape index (κ2) is 12.1. The van der Waals surface area contributed by atoms with Gasteiger partial charge < -0.3 is 0 Å². The lowest BCUT2D eigenvalue weighted by Gasteiger charge is -2.05. The Hall–Kier alpha value is -1.40. The summed E-state index contributed by atoms with van der Waals surface area (Å²) in [6.45, 7) is 4.32. The van der Waals surface area contributed by atoms with E-state index in [9.17, 15) is 4.79 Å². The van der Waals surface area contributed by atoms with Gasteiger partial charge in [0.1, 0.15) is 0 Å². The largest absolute Gasteiger partial charge is 0.296 e. The first kappa shape index (κ1) is 20.9. The third kappa shape index (κ3) is 7.46. The highest BCUT2D eigenvalue weighted by molar-refractivity contribution is 8.01. The first-order chi connectivity index (χ1) is 12.7. The molecule has 1 aromatic carbocycles. The molecule has 2 rings (SSSR count). The Morgan fingerprint density at radius 2 is 1.69 bits per heavy atom. The average Bonchev–Trinajstić information content (AvgIpc) is 3.09. The molecule has 0 aliphatic heterocycles. The first-order valence-corrected chi connectivity index (χ1v) is 11.4. The van der Waals surface area contributed by atoms with Gasteiger partial charge in [-0.2, -0.15) is 0 Å². The molecule has 0 spiro atoms. The molecule has 0 aliphatic rings. The van der Waals surface area contributed by atoms with Crippen LogP contribution >= 0.6 is 23.1 Å². The molecule has 142 valence electrons. The van der Waals surface area contributed by atoms with Gasteiger partial charge in [-0.15, -0.1) is 10.2 Å². The van der Waals surface area contributed by atoms with Crippen LogP contribution in [0.2, 0.25) is 0 Å². The molecule has 0 bridgehead atoms. The molecule has 0 atom stereocenters. The van der Waals surface area contributed by atoms with Crippen LogP contribution in [0.1, 0.15) is 74.7 Å². The van der Waals surface area contributed by atoms with Gasteiger partial charge in [0.25, 0.3) is 5.91 Å². The van der Waals surface area contributed by atoms with Gasteiger partial charge in [-0.3, -0.25) is 10.1 Å². The van der Waals surface area contributed by atoms with Crippen LogP contribution in [0.15, 0.2) is 28.6 Å². The molecule has 1 N–H and O–H groups in total. The highest BCUT2D eigenvalue weighted by Crippen LogP contribution is 2.25. The third-order valence-electron chi connectivity index (χ3n) is 4.18. The zero-order valence-corrected chi connectivity index (χ0v) is 17.4. The van der Waals surface area contributed by atoms with E-state index in [0.717, 1.165) is 16.5 Å². The summed E-state index contributed by atoms with van der Waals surface area (Å²) >= 11 is 3.04. The Kier molecular flexibility index (Phi) is 9.71. The molecule has 4 nitrogen and oxygen atoms in total. The Balaban J connectivity index is 1.72. The molecular weight excluding hydrogens is 362 g/mol. The fourth-order valence-corrected chi connectivity index (χ4v) is 4.36. The van der Waals surface area contributed by atoms with E-state index in [4.69, 9.17) is 0 Å². The molecule has 0 saturated heterocycles. The lowest BCUT2D eigenvalue weighted by atomic mass is 10.0. The fourth-order valence-electron chi connectivity index (χ4n) is 2.72. The van der Waals surface area contributed by atoms with Crippen molar-refractivity contribution < 1.29 is 4.79 Å². The normalized spacial score (nSPS) is 10.8. The van der Waals surface area contributed by atoms with Crippen molar-refractivity contribution in [2.45, 2.75) is 69.6 Å². The SMILES string of the molecule is CCCCCCCCCc1ccc(C(=O)Nc2nnc(SCC)s2)cc1. The lowest BCUT2D eigenvalue weighted by molar-refractivity contribution is 0.102. The maximum Gasteiger partial charge on any atom is 0.257 e. The Bertz CT molecular complexity index is 655. The topological polar surface area (TPSA) is 54.9 Å². The van der Waals surface area contributed by atoms with Crippen LogP contribution in [0.4, 0.5) is 5.13 Å². The summed E-state index contributed by atoms with van der Waals surface area (Å²) in [5.41, 5.74) is 1.96.